The van der Waals surface area contributed by atoms with E-state index in [0.717, 1.165) is 5.75 Å². The summed E-state index contributed by atoms with van der Waals surface area (Å²) in [5, 5.41) is 16.0. The summed E-state index contributed by atoms with van der Waals surface area (Å²) in [6.07, 6.45) is 1.37. The molecule has 0 heterocycles. The number of aromatic hydroxyl groups is 1. The number of para-hydroxylation sites is 1. The van der Waals surface area contributed by atoms with Crippen LogP contribution in [0.5, 0.6) is 11.5 Å². The molecular weight excluding hydrogens is 334 g/mol. The topological polar surface area (TPSA) is 100 Å². The molecule has 2 amide bonds. The lowest BCUT2D eigenvalue weighted by atomic mass is 10.2. The second-order valence-electron chi connectivity index (χ2n) is 5.36. The van der Waals surface area contributed by atoms with Crippen LogP contribution >= 0.6 is 0 Å². The molecule has 0 atom stereocenters. The highest BCUT2D eigenvalue weighted by atomic mass is 16.5. The zero-order chi connectivity index (χ0) is 18.8. The molecule has 2 aromatic carbocycles. The van der Waals surface area contributed by atoms with Gasteiger partial charge in [0.15, 0.2) is 0 Å². The molecule has 2 rings (SSSR count). The Bertz CT molecular complexity index is 773. The standard InChI is InChI=1S/C19H21N3O4/c1-2-26-16-9-7-15(8-10-16)21-18(24)11-12-19(25)22-20-13-14-5-3-4-6-17(14)23/h3-10,13,23H,2,11-12H2,1H3,(H,21,24)(H,22,25)/b20-13+. The van der Waals surface area contributed by atoms with Crippen molar-refractivity contribution in [1.29, 1.82) is 0 Å². The molecule has 7 nitrogen and oxygen atoms in total. The van der Waals surface area contributed by atoms with Crippen molar-refractivity contribution in [2.45, 2.75) is 19.8 Å². The van der Waals surface area contributed by atoms with Gasteiger partial charge in [0.1, 0.15) is 11.5 Å². The molecule has 0 aliphatic heterocycles. The Morgan fingerprint density at radius 2 is 1.77 bits per heavy atom. The summed E-state index contributed by atoms with van der Waals surface area (Å²) in [6, 6.07) is 13.6. The van der Waals surface area contributed by atoms with Crippen LogP contribution in [0.4, 0.5) is 5.69 Å². The van der Waals surface area contributed by atoms with E-state index in [0.29, 0.717) is 17.9 Å². The second kappa shape index (κ2) is 9.83. The molecule has 0 fully saturated rings. The highest BCUT2D eigenvalue weighted by molar-refractivity contribution is 5.93. The van der Waals surface area contributed by atoms with E-state index in [4.69, 9.17) is 4.74 Å². The van der Waals surface area contributed by atoms with Gasteiger partial charge in [-0.25, -0.2) is 5.43 Å². The number of amides is 2. The molecule has 0 aromatic heterocycles. The summed E-state index contributed by atoms with van der Waals surface area (Å²) >= 11 is 0. The van der Waals surface area contributed by atoms with Gasteiger partial charge in [0.05, 0.1) is 12.8 Å². The van der Waals surface area contributed by atoms with Crippen LogP contribution in [0.15, 0.2) is 53.6 Å². The Labute approximate surface area is 151 Å². The monoisotopic (exact) mass is 355 g/mol. The third kappa shape index (κ3) is 6.27. The van der Waals surface area contributed by atoms with Gasteiger partial charge in [0, 0.05) is 24.1 Å². The molecule has 0 unspecified atom stereocenters. The minimum Gasteiger partial charge on any atom is -0.507 e. The van der Waals surface area contributed by atoms with Gasteiger partial charge in [-0.2, -0.15) is 5.10 Å². The average Bonchev–Trinajstić information content (AvgIpc) is 2.63. The summed E-state index contributed by atoms with van der Waals surface area (Å²) in [6.45, 7) is 2.47. The number of hydrazone groups is 1. The molecule has 3 N–H and O–H groups in total. The first-order valence-corrected chi connectivity index (χ1v) is 8.21. The normalized spacial score (nSPS) is 10.5. The van der Waals surface area contributed by atoms with Crippen LogP contribution in [-0.2, 0) is 9.59 Å². The third-order valence-corrected chi connectivity index (χ3v) is 3.36. The maximum Gasteiger partial charge on any atom is 0.240 e. The van der Waals surface area contributed by atoms with Crippen molar-refractivity contribution < 1.29 is 19.4 Å². The van der Waals surface area contributed by atoms with E-state index < -0.39 is 5.91 Å². The Kier molecular flexibility index (Phi) is 7.17. The van der Waals surface area contributed by atoms with Crippen LogP contribution in [0.25, 0.3) is 0 Å². The first-order valence-electron chi connectivity index (χ1n) is 8.21. The number of benzene rings is 2. The SMILES string of the molecule is CCOc1ccc(NC(=O)CCC(=O)N/N=C/c2ccccc2O)cc1. The lowest BCUT2D eigenvalue weighted by molar-refractivity contribution is -0.124. The van der Waals surface area contributed by atoms with Gasteiger partial charge in [-0.05, 0) is 43.3 Å². The van der Waals surface area contributed by atoms with Crippen LogP contribution < -0.4 is 15.5 Å². The molecule has 0 aliphatic rings. The lowest BCUT2D eigenvalue weighted by Crippen LogP contribution is -2.20. The highest BCUT2D eigenvalue weighted by Gasteiger charge is 2.07. The largest absolute Gasteiger partial charge is 0.507 e. The molecule has 26 heavy (non-hydrogen) atoms. The van der Waals surface area contributed by atoms with E-state index in [-0.39, 0.29) is 24.5 Å². The number of nitrogens with one attached hydrogen (secondary N) is 2. The number of anilines is 1. The van der Waals surface area contributed by atoms with Gasteiger partial charge in [-0.1, -0.05) is 12.1 Å². The Morgan fingerprint density at radius 3 is 2.46 bits per heavy atom. The van der Waals surface area contributed by atoms with E-state index in [1.54, 1.807) is 42.5 Å². The van der Waals surface area contributed by atoms with Crippen molar-refractivity contribution >= 4 is 23.7 Å². The molecule has 0 radical (unpaired) electrons. The van der Waals surface area contributed by atoms with E-state index in [2.05, 4.69) is 15.8 Å². The fraction of sp³-hybridized carbons (Fsp3) is 0.211. The number of carbonyl (C=O) groups excluding carboxylic acids is 2. The van der Waals surface area contributed by atoms with E-state index >= 15 is 0 Å². The van der Waals surface area contributed by atoms with Gasteiger partial charge >= 0.3 is 0 Å². The molecule has 2 aromatic rings. The summed E-state index contributed by atoms with van der Waals surface area (Å²) in [5.74, 6) is 0.139. The first kappa shape index (κ1) is 19.0. The predicted molar refractivity (Wildman–Crippen MR) is 99.3 cm³/mol. The van der Waals surface area contributed by atoms with Gasteiger partial charge < -0.3 is 15.2 Å². The Morgan fingerprint density at radius 1 is 1.08 bits per heavy atom. The summed E-state index contributed by atoms with van der Waals surface area (Å²) in [5.41, 5.74) is 3.44. The van der Waals surface area contributed by atoms with Crippen LogP contribution in [0.3, 0.4) is 0 Å². The molecule has 0 aliphatic carbocycles. The quantitative estimate of drug-likeness (QED) is 0.501. The van der Waals surface area contributed by atoms with Crippen molar-refractivity contribution in [1.82, 2.24) is 5.43 Å². The minimum atomic E-state index is -0.390. The maximum atomic E-state index is 11.9. The molecule has 136 valence electrons. The molecule has 0 saturated heterocycles. The van der Waals surface area contributed by atoms with Crippen molar-refractivity contribution in [2.75, 3.05) is 11.9 Å². The number of phenols is 1. The number of carbonyl (C=O) groups is 2. The average molecular weight is 355 g/mol. The summed E-state index contributed by atoms with van der Waals surface area (Å²) in [7, 11) is 0. The Hall–Kier alpha value is -3.35. The van der Waals surface area contributed by atoms with Gasteiger partial charge in [-0.3, -0.25) is 9.59 Å². The number of hydrogen-bond donors (Lipinski definition) is 3. The van der Waals surface area contributed by atoms with E-state index in [9.17, 15) is 14.7 Å². The molecular formula is C19H21N3O4. The minimum absolute atomic E-state index is 0.000967. The molecule has 0 bridgehead atoms. The van der Waals surface area contributed by atoms with Crippen LogP contribution in [-0.4, -0.2) is 29.7 Å². The molecule has 0 spiro atoms. The van der Waals surface area contributed by atoms with Crippen molar-refractivity contribution in [3.05, 3.63) is 54.1 Å². The number of rotatable bonds is 8. The third-order valence-electron chi connectivity index (χ3n) is 3.36. The fourth-order valence-corrected chi connectivity index (χ4v) is 2.08. The summed E-state index contributed by atoms with van der Waals surface area (Å²) < 4.78 is 5.33. The highest BCUT2D eigenvalue weighted by Crippen LogP contribution is 2.16. The first-order chi connectivity index (χ1) is 12.6. The van der Waals surface area contributed by atoms with Crippen molar-refractivity contribution in [3.63, 3.8) is 0 Å². The van der Waals surface area contributed by atoms with Crippen LogP contribution in [0.2, 0.25) is 0 Å². The summed E-state index contributed by atoms with van der Waals surface area (Å²) in [4.78, 5) is 23.6. The molecule has 0 saturated carbocycles. The zero-order valence-corrected chi connectivity index (χ0v) is 14.4. The maximum absolute atomic E-state index is 11.9. The van der Waals surface area contributed by atoms with Gasteiger partial charge in [-0.15, -0.1) is 0 Å². The fourth-order valence-electron chi connectivity index (χ4n) is 2.08. The number of nitrogens with zero attached hydrogens (tertiary/aromatic N) is 1. The second-order valence-corrected chi connectivity index (χ2v) is 5.36. The number of ether oxygens (including phenoxy) is 1. The van der Waals surface area contributed by atoms with Crippen LogP contribution in [0.1, 0.15) is 25.3 Å². The van der Waals surface area contributed by atoms with Crippen molar-refractivity contribution in [2.24, 2.45) is 5.10 Å². The zero-order valence-electron chi connectivity index (χ0n) is 14.4. The van der Waals surface area contributed by atoms with Gasteiger partial charge in [0.25, 0.3) is 0 Å². The Balaban J connectivity index is 1.73. The number of phenolic OH excluding ortho intramolecular Hbond substituents is 1. The lowest BCUT2D eigenvalue weighted by Gasteiger charge is -2.07. The smallest absolute Gasteiger partial charge is 0.240 e. The van der Waals surface area contributed by atoms with E-state index in [1.165, 1.54) is 12.3 Å². The van der Waals surface area contributed by atoms with Crippen molar-refractivity contribution in [3.8, 4) is 11.5 Å². The molecule has 7 heteroatoms. The predicted octanol–water partition coefficient (Wildman–Crippen LogP) is 2.66. The van der Waals surface area contributed by atoms with Crippen LogP contribution in [0, 0.1) is 0 Å². The number of hydrogen-bond acceptors (Lipinski definition) is 5. The van der Waals surface area contributed by atoms with Gasteiger partial charge in [0.2, 0.25) is 11.8 Å². The van der Waals surface area contributed by atoms with E-state index in [1.807, 2.05) is 6.92 Å².